The van der Waals surface area contributed by atoms with E-state index in [0.29, 0.717) is 35.5 Å². The van der Waals surface area contributed by atoms with Crippen molar-refractivity contribution >= 4 is 35.0 Å². The van der Waals surface area contributed by atoms with Gasteiger partial charge in [0.1, 0.15) is 17.9 Å². The summed E-state index contributed by atoms with van der Waals surface area (Å²) in [6, 6.07) is 5.75. The van der Waals surface area contributed by atoms with E-state index in [-0.39, 0.29) is 29.3 Å². The summed E-state index contributed by atoms with van der Waals surface area (Å²) < 4.78 is 34.0. The number of hydrogen-bond acceptors (Lipinski definition) is 6. The van der Waals surface area contributed by atoms with Crippen LogP contribution in [0.1, 0.15) is 61.1 Å². The van der Waals surface area contributed by atoms with Gasteiger partial charge >= 0.3 is 0 Å². The average Bonchev–Trinajstić information content (AvgIpc) is 3.41. The highest BCUT2D eigenvalue weighted by Crippen LogP contribution is 2.27. The van der Waals surface area contributed by atoms with Crippen molar-refractivity contribution in [1.29, 1.82) is 0 Å². The molecule has 1 aliphatic carbocycles. The monoisotopic (exact) mass is 564 g/mol. The van der Waals surface area contributed by atoms with Gasteiger partial charge in [0.25, 0.3) is 5.91 Å². The van der Waals surface area contributed by atoms with Gasteiger partial charge in [-0.1, -0.05) is 6.92 Å². The zero-order valence-electron chi connectivity index (χ0n) is 23.3. The number of methoxy groups -OCH3 is 1. The molecule has 0 spiro atoms. The molecule has 11 heteroatoms. The van der Waals surface area contributed by atoms with Gasteiger partial charge in [-0.2, -0.15) is 0 Å². The fourth-order valence-corrected chi connectivity index (χ4v) is 4.98. The Hall–Kier alpha value is -4.54. The zero-order valence-corrected chi connectivity index (χ0v) is 23.3. The summed E-state index contributed by atoms with van der Waals surface area (Å²) in [7, 11) is 1.32. The number of ether oxygens (including phenoxy) is 1. The molecule has 2 amide bonds. The Balaban J connectivity index is 1.53. The third-order valence-corrected chi connectivity index (χ3v) is 7.19. The maximum atomic E-state index is 14.5. The highest BCUT2D eigenvalue weighted by molar-refractivity contribution is 5.96. The molecule has 1 aliphatic rings. The summed E-state index contributed by atoms with van der Waals surface area (Å²) in [5.74, 6) is -0.202. The van der Waals surface area contributed by atoms with Crippen LogP contribution in [0.15, 0.2) is 66.9 Å². The number of fused-ring (bicyclic) bond motifs is 1. The van der Waals surface area contributed by atoms with Gasteiger partial charge in [-0.3, -0.25) is 14.0 Å². The van der Waals surface area contributed by atoms with Crippen molar-refractivity contribution in [2.24, 2.45) is 0 Å². The number of carbonyl (C=O) groups excluding carboxylic acids is 2. The van der Waals surface area contributed by atoms with E-state index in [0.717, 1.165) is 43.3 Å². The number of allylic oxidation sites excluding steroid dienone is 4. The smallest absolute Gasteiger partial charge is 0.251 e. The highest BCUT2D eigenvalue weighted by atomic mass is 19.1. The van der Waals surface area contributed by atoms with Gasteiger partial charge in [0.2, 0.25) is 6.41 Å². The van der Waals surface area contributed by atoms with Gasteiger partial charge in [0.15, 0.2) is 11.5 Å². The van der Waals surface area contributed by atoms with Gasteiger partial charge in [0, 0.05) is 41.3 Å². The Bertz CT molecular complexity index is 1480. The van der Waals surface area contributed by atoms with Crippen LogP contribution in [-0.2, 0) is 16.0 Å². The van der Waals surface area contributed by atoms with Gasteiger partial charge < -0.3 is 20.7 Å². The molecule has 0 aliphatic heterocycles. The molecule has 1 saturated carbocycles. The van der Waals surface area contributed by atoms with Gasteiger partial charge in [0.05, 0.1) is 19.0 Å². The number of aromatic nitrogens is 3. The number of hydrogen-bond donors (Lipinski definition) is 3. The quantitative estimate of drug-likeness (QED) is 0.160. The summed E-state index contributed by atoms with van der Waals surface area (Å²) in [5.41, 5.74) is 3.33. The summed E-state index contributed by atoms with van der Waals surface area (Å²) in [6.45, 7) is 3.30. The maximum Gasteiger partial charge on any atom is 0.251 e. The van der Waals surface area contributed by atoms with Crippen molar-refractivity contribution in [2.75, 3.05) is 12.4 Å². The lowest BCUT2D eigenvalue weighted by atomic mass is 9.91. The van der Waals surface area contributed by atoms with Crippen molar-refractivity contribution in [3.05, 3.63) is 83.7 Å². The number of anilines is 2. The van der Waals surface area contributed by atoms with E-state index in [1.807, 2.05) is 19.1 Å². The number of carbonyl (C=O) groups is 2. The summed E-state index contributed by atoms with van der Waals surface area (Å²) in [5, 5.41) is 9.23. The van der Waals surface area contributed by atoms with Gasteiger partial charge in [-0.15, -0.1) is 0 Å². The second-order valence-electron chi connectivity index (χ2n) is 9.77. The van der Waals surface area contributed by atoms with Crippen molar-refractivity contribution in [3.8, 4) is 0 Å². The molecule has 3 aromatic rings. The number of benzene rings is 1. The second kappa shape index (κ2) is 13.7. The number of rotatable bonds is 11. The lowest BCUT2D eigenvalue weighted by Gasteiger charge is -2.29. The highest BCUT2D eigenvalue weighted by Gasteiger charge is 2.23. The SMILES string of the molecule is CCc1cc(Nc2nccn3c(C(/C=C\C(=C\F)OC)=C(/C)F)cnc23)ccc1C(=O)N[C@H]1CC[C@@H](NC=O)CC1. The van der Waals surface area contributed by atoms with Crippen LogP contribution in [0.4, 0.5) is 20.3 Å². The molecule has 4 rings (SSSR count). The van der Waals surface area contributed by atoms with Crippen LogP contribution in [0.2, 0.25) is 0 Å². The molecule has 216 valence electrons. The Morgan fingerprint density at radius 1 is 1.17 bits per heavy atom. The minimum atomic E-state index is -0.476. The Morgan fingerprint density at radius 2 is 1.93 bits per heavy atom. The average molecular weight is 565 g/mol. The van der Waals surface area contributed by atoms with Crippen molar-refractivity contribution < 1.29 is 23.1 Å². The number of imidazole rings is 1. The number of nitrogens with one attached hydrogen (secondary N) is 3. The topological polar surface area (TPSA) is 110 Å². The molecule has 0 atom stereocenters. The minimum Gasteiger partial charge on any atom is -0.494 e. The minimum absolute atomic E-state index is 0.0512. The normalized spacial score (nSPS) is 18.2. The van der Waals surface area contributed by atoms with E-state index >= 15 is 0 Å². The predicted octanol–water partition coefficient (Wildman–Crippen LogP) is 5.54. The van der Waals surface area contributed by atoms with E-state index < -0.39 is 5.83 Å². The number of amides is 2. The molecule has 0 bridgehead atoms. The lowest BCUT2D eigenvalue weighted by molar-refractivity contribution is -0.110. The van der Waals surface area contributed by atoms with Crippen molar-refractivity contribution in [2.45, 2.75) is 58.0 Å². The molecule has 1 fully saturated rings. The van der Waals surface area contributed by atoms with E-state index in [2.05, 4.69) is 25.9 Å². The molecule has 0 radical (unpaired) electrons. The Kier molecular flexibility index (Phi) is 9.83. The van der Waals surface area contributed by atoms with Crippen molar-refractivity contribution in [1.82, 2.24) is 25.0 Å². The van der Waals surface area contributed by atoms with E-state index in [1.54, 1.807) is 22.9 Å². The van der Waals surface area contributed by atoms with Gasteiger partial charge in [-0.05, 0) is 74.9 Å². The van der Waals surface area contributed by atoms with Crippen LogP contribution in [0.3, 0.4) is 0 Å². The molecule has 41 heavy (non-hydrogen) atoms. The number of halogens is 2. The molecule has 1 aromatic carbocycles. The first-order chi connectivity index (χ1) is 19.9. The molecule has 0 saturated heterocycles. The number of nitrogens with zero attached hydrogens (tertiary/aromatic N) is 3. The van der Waals surface area contributed by atoms with E-state index in [1.165, 1.54) is 32.4 Å². The molecule has 9 nitrogen and oxygen atoms in total. The lowest BCUT2D eigenvalue weighted by Crippen LogP contribution is -2.42. The fourth-order valence-electron chi connectivity index (χ4n) is 4.98. The molecule has 2 aromatic heterocycles. The first-order valence-electron chi connectivity index (χ1n) is 13.5. The third kappa shape index (κ3) is 6.97. The van der Waals surface area contributed by atoms with Crippen LogP contribution in [0, 0.1) is 0 Å². The molecule has 3 N–H and O–H groups in total. The summed E-state index contributed by atoms with van der Waals surface area (Å²) >= 11 is 0. The fraction of sp³-hybridized carbons (Fsp3) is 0.333. The first kappa shape index (κ1) is 29.4. The van der Waals surface area contributed by atoms with E-state index in [9.17, 15) is 18.4 Å². The predicted molar refractivity (Wildman–Crippen MR) is 154 cm³/mol. The Morgan fingerprint density at radius 3 is 2.59 bits per heavy atom. The van der Waals surface area contributed by atoms with Crippen LogP contribution in [-0.4, -0.2) is 45.9 Å². The molecular formula is C30H34F2N6O3. The van der Waals surface area contributed by atoms with Crippen LogP contribution in [0.5, 0.6) is 0 Å². The standard InChI is InChI=1S/C30H34F2N6O3/c1-4-20-15-23(9-11-26(20)30(40)37-22-7-5-21(6-8-22)35-18-39)36-28-29-34-17-27(38(29)14-13-33-28)25(19(2)32)12-10-24(16-31)41-3/h9-18,21-22H,4-8H2,1-3H3,(H,33,36)(H,35,39)(H,37,40)/b12-10-,24-16-,25-19-/t21-,22+. The van der Waals surface area contributed by atoms with Gasteiger partial charge in [-0.25, -0.2) is 18.7 Å². The summed E-state index contributed by atoms with van der Waals surface area (Å²) in [6.07, 6.45) is 12.5. The largest absolute Gasteiger partial charge is 0.494 e. The van der Waals surface area contributed by atoms with Crippen molar-refractivity contribution in [3.63, 3.8) is 0 Å². The van der Waals surface area contributed by atoms with Crippen LogP contribution >= 0.6 is 0 Å². The molecule has 0 unspecified atom stereocenters. The summed E-state index contributed by atoms with van der Waals surface area (Å²) in [4.78, 5) is 32.7. The van der Waals surface area contributed by atoms with Crippen LogP contribution in [0.25, 0.3) is 11.2 Å². The van der Waals surface area contributed by atoms with E-state index in [4.69, 9.17) is 4.74 Å². The first-order valence-corrected chi connectivity index (χ1v) is 13.5. The van der Waals surface area contributed by atoms with Crippen LogP contribution < -0.4 is 16.0 Å². The zero-order chi connectivity index (χ0) is 29.4. The third-order valence-electron chi connectivity index (χ3n) is 7.19. The molecule has 2 heterocycles. The maximum absolute atomic E-state index is 14.5. The molecular weight excluding hydrogens is 530 g/mol. The second-order valence-corrected chi connectivity index (χ2v) is 9.77. The number of aryl methyl sites for hydroxylation is 1. The Labute approximate surface area is 237 Å².